The first-order chi connectivity index (χ1) is 8.13. The Hall–Kier alpha value is -0.740. The molecule has 1 saturated carbocycles. The molecule has 3 nitrogen and oxygen atoms in total. The third-order valence-electron chi connectivity index (χ3n) is 3.58. The van der Waals surface area contributed by atoms with Gasteiger partial charge in [0.1, 0.15) is 0 Å². The van der Waals surface area contributed by atoms with Gasteiger partial charge in [-0.3, -0.25) is 0 Å². The molecule has 1 atom stereocenters. The van der Waals surface area contributed by atoms with Crippen LogP contribution in [0.2, 0.25) is 0 Å². The molecule has 1 spiro atoms. The maximum atomic E-state index is 9.23. The zero-order chi connectivity index (χ0) is 12.0. The lowest BCUT2D eigenvalue weighted by Gasteiger charge is -2.35. The van der Waals surface area contributed by atoms with Gasteiger partial charge in [-0.1, -0.05) is 22.9 Å². The molecular formula is C13H15BrO3. The van der Waals surface area contributed by atoms with E-state index in [1.165, 1.54) is 0 Å². The number of fused-ring (bicyclic) bond motifs is 1. The fraction of sp³-hybridized carbons (Fsp3) is 0.538. The van der Waals surface area contributed by atoms with Crippen LogP contribution in [0, 0.1) is 0 Å². The highest BCUT2D eigenvalue weighted by atomic mass is 79.9. The van der Waals surface area contributed by atoms with Crippen LogP contribution in [0.1, 0.15) is 37.7 Å². The maximum Gasteiger partial charge on any atom is 0.251 e. The highest BCUT2D eigenvalue weighted by molar-refractivity contribution is 9.10. The van der Waals surface area contributed by atoms with Crippen molar-refractivity contribution in [3.63, 3.8) is 0 Å². The lowest BCUT2D eigenvalue weighted by Crippen LogP contribution is -2.45. The molecule has 1 heterocycles. The molecule has 1 aliphatic heterocycles. The Kier molecular flexibility index (Phi) is 2.60. The smallest absolute Gasteiger partial charge is 0.251 e. The van der Waals surface area contributed by atoms with E-state index in [4.69, 9.17) is 9.47 Å². The second-order valence-electron chi connectivity index (χ2n) is 4.87. The molecular weight excluding hydrogens is 284 g/mol. The van der Waals surface area contributed by atoms with Crippen LogP contribution in [0.4, 0.5) is 0 Å². The molecule has 1 fully saturated rings. The van der Waals surface area contributed by atoms with Crippen molar-refractivity contribution in [3.05, 3.63) is 22.2 Å². The molecule has 2 aliphatic rings. The zero-order valence-corrected chi connectivity index (χ0v) is 11.3. The van der Waals surface area contributed by atoms with Crippen molar-refractivity contribution in [1.82, 2.24) is 0 Å². The van der Waals surface area contributed by atoms with Crippen molar-refractivity contribution in [3.8, 4) is 11.5 Å². The number of benzene rings is 1. The third-order valence-corrected chi connectivity index (χ3v) is 4.26. The predicted molar refractivity (Wildman–Crippen MR) is 67.5 cm³/mol. The number of halogens is 1. The molecule has 0 radical (unpaired) electrons. The quantitative estimate of drug-likeness (QED) is 0.911. The molecule has 17 heavy (non-hydrogen) atoms. The van der Waals surface area contributed by atoms with Gasteiger partial charge in [-0.15, -0.1) is 0 Å². The van der Waals surface area contributed by atoms with E-state index in [0.29, 0.717) is 0 Å². The first-order valence-corrected chi connectivity index (χ1v) is 6.75. The third kappa shape index (κ3) is 1.74. The van der Waals surface area contributed by atoms with Crippen molar-refractivity contribution in [1.29, 1.82) is 0 Å². The Labute approximate surface area is 109 Å². The molecule has 0 aromatic heterocycles. The Bertz CT molecular complexity index is 454. The average molecular weight is 299 g/mol. The maximum absolute atomic E-state index is 9.23. The standard InChI is InChI=1S/C13H15BrO3/c1-8(7-15)9-5-11-12(6-10(9)14)17-13(16-11)3-2-4-13/h5-6,8,15H,2-4,7H2,1H3. The van der Waals surface area contributed by atoms with Crippen LogP contribution in [0.5, 0.6) is 11.5 Å². The van der Waals surface area contributed by atoms with Gasteiger partial charge < -0.3 is 14.6 Å². The van der Waals surface area contributed by atoms with Gasteiger partial charge in [-0.2, -0.15) is 0 Å². The van der Waals surface area contributed by atoms with E-state index in [2.05, 4.69) is 15.9 Å². The Morgan fingerprint density at radius 2 is 2.00 bits per heavy atom. The summed E-state index contributed by atoms with van der Waals surface area (Å²) in [6, 6.07) is 3.93. The van der Waals surface area contributed by atoms with Gasteiger partial charge in [0.15, 0.2) is 11.5 Å². The van der Waals surface area contributed by atoms with Gasteiger partial charge in [-0.25, -0.2) is 0 Å². The molecule has 1 aliphatic carbocycles. The summed E-state index contributed by atoms with van der Waals surface area (Å²) in [4.78, 5) is 0. The van der Waals surface area contributed by atoms with Gasteiger partial charge in [-0.05, 0) is 24.1 Å². The van der Waals surface area contributed by atoms with Gasteiger partial charge >= 0.3 is 0 Å². The largest absolute Gasteiger partial charge is 0.448 e. The van der Waals surface area contributed by atoms with Crippen LogP contribution in [0.15, 0.2) is 16.6 Å². The van der Waals surface area contributed by atoms with E-state index in [-0.39, 0.29) is 18.3 Å². The van der Waals surface area contributed by atoms with E-state index in [1.54, 1.807) is 0 Å². The van der Waals surface area contributed by atoms with Gasteiger partial charge in [0, 0.05) is 29.8 Å². The summed E-state index contributed by atoms with van der Waals surface area (Å²) in [7, 11) is 0. The predicted octanol–water partition coefficient (Wildman–Crippen LogP) is 3.20. The molecule has 1 aromatic rings. The van der Waals surface area contributed by atoms with Crippen molar-refractivity contribution in [2.75, 3.05) is 6.61 Å². The minimum absolute atomic E-state index is 0.0937. The zero-order valence-electron chi connectivity index (χ0n) is 9.70. The molecule has 1 N–H and O–H groups in total. The van der Waals surface area contributed by atoms with Gasteiger partial charge in [0.25, 0.3) is 5.79 Å². The molecule has 1 aromatic carbocycles. The highest BCUT2D eigenvalue weighted by Gasteiger charge is 2.47. The molecule has 3 rings (SSSR count). The molecule has 1 unspecified atom stereocenters. The molecule has 0 saturated heterocycles. The number of rotatable bonds is 2. The van der Waals surface area contributed by atoms with Crippen molar-refractivity contribution < 1.29 is 14.6 Å². The van der Waals surface area contributed by atoms with E-state index >= 15 is 0 Å². The van der Waals surface area contributed by atoms with Crippen LogP contribution in [0.25, 0.3) is 0 Å². The summed E-state index contributed by atoms with van der Waals surface area (Å²) in [5.74, 6) is 1.33. The Morgan fingerprint density at radius 3 is 2.53 bits per heavy atom. The fourth-order valence-corrected chi connectivity index (χ4v) is 2.99. The van der Waals surface area contributed by atoms with E-state index < -0.39 is 0 Å². The summed E-state index contributed by atoms with van der Waals surface area (Å²) >= 11 is 3.52. The highest BCUT2D eigenvalue weighted by Crippen LogP contribution is 2.50. The second-order valence-corrected chi connectivity index (χ2v) is 5.73. The number of hydrogen-bond donors (Lipinski definition) is 1. The van der Waals surface area contributed by atoms with E-state index in [1.807, 2.05) is 19.1 Å². The number of ether oxygens (including phenoxy) is 2. The minimum atomic E-state index is -0.386. The summed E-state index contributed by atoms with van der Waals surface area (Å²) in [6.07, 6.45) is 3.09. The number of aliphatic hydroxyl groups excluding tert-OH is 1. The lowest BCUT2D eigenvalue weighted by molar-refractivity contribution is -0.138. The first kappa shape index (κ1) is 11.4. The summed E-state index contributed by atoms with van der Waals surface area (Å²) in [5, 5.41) is 9.23. The fourth-order valence-electron chi connectivity index (χ4n) is 2.28. The van der Waals surface area contributed by atoms with Crippen LogP contribution < -0.4 is 9.47 Å². The summed E-state index contributed by atoms with van der Waals surface area (Å²) < 4.78 is 12.7. The van der Waals surface area contributed by atoms with Crippen LogP contribution >= 0.6 is 15.9 Å². The average Bonchev–Trinajstić information content (AvgIpc) is 2.65. The van der Waals surface area contributed by atoms with Crippen LogP contribution in [0.3, 0.4) is 0 Å². The number of aliphatic hydroxyl groups is 1. The topological polar surface area (TPSA) is 38.7 Å². The van der Waals surface area contributed by atoms with Gasteiger partial charge in [0.05, 0.1) is 0 Å². The lowest BCUT2D eigenvalue weighted by atomic mass is 9.91. The van der Waals surface area contributed by atoms with Crippen LogP contribution in [-0.2, 0) is 0 Å². The Morgan fingerprint density at radius 1 is 1.35 bits per heavy atom. The summed E-state index contributed by atoms with van der Waals surface area (Å²) in [5.41, 5.74) is 1.06. The SMILES string of the molecule is CC(CO)c1cc2c(cc1Br)OC1(CCC1)O2. The summed E-state index contributed by atoms with van der Waals surface area (Å²) in [6.45, 7) is 2.12. The van der Waals surface area contributed by atoms with Gasteiger partial charge in [0.2, 0.25) is 0 Å². The van der Waals surface area contributed by atoms with E-state index in [0.717, 1.165) is 40.8 Å². The van der Waals surface area contributed by atoms with Crippen molar-refractivity contribution in [2.45, 2.75) is 37.9 Å². The van der Waals surface area contributed by atoms with E-state index in [9.17, 15) is 5.11 Å². The first-order valence-electron chi connectivity index (χ1n) is 5.96. The normalized spacial score (nSPS) is 21.4. The molecule has 0 amide bonds. The molecule has 4 heteroatoms. The minimum Gasteiger partial charge on any atom is -0.448 e. The second kappa shape index (κ2) is 3.89. The number of hydrogen-bond acceptors (Lipinski definition) is 3. The Balaban J connectivity index is 1.95. The van der Waals surface area contributed by atoms with Crippen LogP contribution in [-0.4, -0.2) is 17.5 Å². The van der Waals surface area contributed by atoms with Crippen molar-refractivity contribution in [2.24, 2.45) is 0 Å². The monoisotopic (exact) mass is 298 g/mol. The molecule has 92 valence electrons. The molecule has 0 bridgehead atoms. The van der Waals surface area contributed by atoms with Crippen molar-refractivity contribution >= 4 is 15.9 Å².